The van der Waals surface area contributed by atoms with E-state index in [1.165, 1.54) is 12.8 Å². The van der Waals surface area contributed by atoms with Gasteiger partial charge in [0, 0.05) is 44.2 Å². The summed E-state index contributed by atoms with van der Waals surface area (Å²) < 4.78 is 0. The highest BCUT2D eigenvalue weighted by Gasteiger charge is 2.40. The van der Waals surface area contributed by atoms with Crippen molar-refractivity contribution in [1.82, 2.24) is 20.4 Å². The van der Waals surface area contributed by atoms with Crippen molar-refractivity contribution in [3.8, 4) is 0 Å². The van der Waals surface area contributed by atoms with Gasteiger partial charge in [0.2, 0.25) is 11.8 Å². The minimum atomic E-state index is -0.552. The predicted octanol–water partition coefficient (Wildman–Crippen LogP) is 0.631. The Kier molecular flexibility index (Phi) is 4.44. The Labute approximate surface area is 164 Å². The van der Waals surface area contributed by atoms with Crippen LogP contribution in [-0.2, 0) is 22.7 Å². The molecule has 3 atom stereocenters. The van der Waals surface area contributed by atoms with E-state index in [4.69, 9.17) is 0 Å². The summed E-state index contributed by atoms with van der Waals surface area (Å²) in [5, 5.41) is 5.93. The molecule has 4 saturated heterocycles. The van der Waals surface area contributed by atoms with Crippen molar-refractivity contribution in [2.75, 3.05) is 19.6 Å². The highest BCUT2D eigenvalue weighted by Crippen LogP contribution is 2.32. The van der Waals surface area contributed by atoms with E-state index in [0.717, 1.165) is 42.9 Å². The SMILES string of the molecule is O=C1CCC(N2Cc3cccc(CN4CC5CCC4CNC5)c3C2=O)C(=O)N1. The van der Waals surface area contributed by atoms with Crippen LogP contribution in [0.15, 0.2) is 18.2 Å². The van der Waals surface area contributed by atoms with Crippen molar-refractivity contribution in [2.45, 2.75) is 50.9 Å². The first kappa shape index (κ1) is 17.8. The fourth-order valence-corrected chi connectivity index (χ4v) is 5.27. The fraction of sp³-hybridized carbons (Fsp3) is 0.571. The fourth-order valence-electron chi connectivity index (χ4n) is 5.27. The monoisotopic (exact) mass is 382 g/mol. The van der Waals surface area contributed by atoms with E-state index in [-0.39, 0.29) is 24.1 Å². The molecule has 0 aliphatic carbocycles. The Balaban J connectivity index is 1.38. The molecule has 0 aromatic heterocycles. The van der Waals surface area contributed by atoms with E-state index in [1.54, 1.807) is 4.90 Å². The molecule has 2 bridgehead atoms. The van der Waals surface area contributed by atoms with Crippen LogP contribution >= 0.6 is 0 Å². The maximum Gasteiger partial charge on any atom is 0.255 e. The van der Waals surface area contributed by atoms with E-state index in [1.807, 2.05) is 12.1 Å². The van der Waals surface area contributed by atoms with Crippen LogP contribution in [0.5, 0.6) is 0 Å². The smallest absolute Gasteiger partial charge is 0.255 e. The van der Waals surface area contributed by atoms with Gasteiger partial charge in [-0.3, -0.25) is 24.6 Å². The third-order valence-electron chi connectivity index (χ3n) is 6.74. The minimum absolute atomic E-state index is 0.0711. The van der Waals surface area contributed by atoms with Gasteiger partial charge < -0.3 is 10.2 Å². The van der Waals surface area contributed by atoms with Crippen molar-refractivity contribution < 1.29 is 14.4 Å². The summed E-state index contributed by atoms with van der Waals surface area (Å²) in [7, 11) is 0. The van der Waals surface area contributed by atoms with Crippen LogP contribution in [0.25, 0.3) is 0 Å². The van der Waals surface area contributed by atoms with Gasteiger partial charge in [0.15, 0.2) is 0 Å². The molecule has 5 heterocycles. The Morgan fingerprint density at radius 1 is 1.07 bits per heavy atom. The topological polar surface area (TPSA) is 81.8 Å². The zero-order valence-electron chi connectivity index (χ0n) is 15.9. The van der Waals surface area contributed by atoms with Crippen LogP contribution < -0.4 is 10.6 Å². The lowest BCUT2D eigenvalue weighted by Gasteiger charge is -2.36. The maximum absolute atomic E-state index is 13.2. The van der Waals surface area contributed by atoms with Gasteiger partial charge in [0.25, 0.3) is 5.91 Å². The molecule has 0 spiro atoms. The number of nitrogens with one attached hydrogen (secondary N) is 2. The van der Waals surface area contributed by atoms with Gasteiger partial charge in [-0.25, -0.2) is 0 Å². The first-order valence-corrected chi connectivity index (χ1v) is 10.3. The first-order valence-electron chi connectivity index (χ1n) is 10.3. The maximum atomic E-state index is 13.2. The van der Waals surface area contributed by atoms with Gasteiger partial charge in [-0.2, -0.15) is 0 Å². The number of hydrogen-bond donors (Lipinski definition) is 2. The zero-order valence-corrected chi connectivity index (χ0v) is 15.9. The third kappa shape index (κ3) is 3.02. The quantitative estimate of drug-likeness (QED) is 0.750. The van der Waals surface area contributed by atoms with E-state index in [0.29, 0.717) is 24.9 Å². The number of piperidine rings is 2. The number of amides is 3. The highest BCUT2D eigenvalue weighted by atomic mass is 16.2. The summed E-state index contributed by atoms with van der Waals surface area (Å²) in [5.74, 6) is 0.00942. The molecule has 5 aliphatic rings. The molecule has 7 heteroatoms. The number of hydrogen-bond acceptors (Lipinski definition) is 5. The molecule has 4 fully saturated rings. The Bertz CT molecular complexity index is 835. The molecule has 7 nitrogen and oxygen atoms in total. The summed E-state index contributed by atoms with van der Waals surface area (Å²) in [6, 6.07) is 6.03. The second kappa shape index (κ2) is 6.97. The van der Waals surface area contributed by atoms with Crippen LogP contribution in [0, 0.1) is 5.92 Å². The average molecular weight is 382 g/mol. The molecule has 3 amide bonds. The van der Waals surface area contributed by atoms with Gasteiger partial charge in [-0.05, 0) is 42.9 Å². The normalized spacial score (nSPS) is 30.4. The van der Waals surface area contributed by atoms with E-state index in [2.05, 4.69) is 21.6 Å². The number of benzene rings is 1. The summed E-state index contributed by atoms with van der Waals surface area (Å²) in [4.78, 5) is 41.1. The lowest BCUT2D eigenvalue weighted by atomic mass is 9.93. The summed E-state index contributed by atoms with van der Waals surface area (Å²) in [6.07, 6.45) is 3.18. The van der Waals surface area contributed by atoms with Gasteiger partial charge in [-0.15, -0.1) is 0 Å². The van der Waals surface area contributed by atoms with Crippen LogP contribution in [0.4, 0.5) is 0 Å². The zero-order chi connectivity index (χ0) is 19.3. The number of rotatable bonds is 3. The molecule has 0 radical (unpaired) electrons. The largest absolute Gasteiger partial charge is 0.322 e. The van der Waals surface area contributed by atoms with Crippen molar-refractivity contribution in [1.29, 1.82) is 0 Å². The Hall–Kier alpha value is -2.25. The second-order valence-electron chi connectivity index (χ2n) is 8.54. The van der Waals surface area contributed by atoms with E-state index < -0.39 is 6.04 Å². The van der Waals surface area contributed by atoms with E-state index in [9.17, 15) is 14.4 Å². The molecule has 1 aromatic rings. The minimum Gasteiger partial charge on any atom is -0.322 e. The Morgan fingerprint density at radius 2 is 1.96 bits per heavy atom. The molecule has 6 rings (SSSR count). The average Bonchev–Trinajstić information content (AvgIpc) is 2.83. The van der Waals surface area contributed by atoms with Crippen molar-refractivity contribution in [3.63, 3.8) is 0 Å². The molecular weight excluding hydrogens is 356 g/mol. The molecule has 5 aliphatic heterocycles. The molecule has 0 saturated carbocycles. The highest BCUT2D eigenvalue weighted by molar-refractivity contribution is 6.05. The standard InChI is InChI=1S/C21H26N4O3/c26-18-7-6-17(20(27)23-18)25-12-15-3-1-2-14(19(15)21(25)28)11-24-10-13-4-5-16(24)9-22-8-13/h1-3,13,16-17,22H,4-12H2,(H,23,26,27). The van der Waals surface area contributed by atoms with Crippen molar-refractivity contribution in [2.24, 2.45) is 5.92 Å². The van der Waals surface area contributed by atoms with Crippen LogP contribution in [0.3, 0.4) is 0 Å². The second-order valence-corrected chi connectivity index (χ2v) is 8.54. The lowest BCUT2D eigenvalue weighted by Crippen LogP contribution is -2.52. The van der Waals surface area contributed by atoms with Gasteiger partial charge in [0.1, 0.15) is 6.04 Å². The van der Waals surface area contributed by atoms with Crippen molar-refractivity contribution in [3.05, 3.63) is 34.9 Å². The van der Waals surface area contributed by atoms with E-state index >= 15 is 0 Å². The Morgan fingerprint density at radius 3 is 2.82 bits per heavy atom. The molecule has 148 valence electrons. The molecule has 3 unspecified atom stereocenters. The van der Waals surface area contributed by atoms with Crippen LogP contribution in [0.2, 0.25) is 0 Å². The summed E-state index contributed by atoms with van der Waals surface area (Å²) in [6.45, 7) is 4.40. The molecule has 28 heavy (non-hydrogen) atoms. The lowest BCUT2D eigenvalue weighted by molar-refractivity contribution is -0.136. The summed E-state index contributed by atoms with van der Waals surface area (Å²) in [5.41, 5.74) is 2.82. The molecular formula is C21H26N4O3. The summed E-state index contributed by atoms with van der Waals surface area (Å²) >= 11 is 0. The van der Waals surface area contributed by atoms with Crippen LogP contribution in [0.1, 0.15) is 47.2 Å². The molecule has 2 N–H and O–H groups in total. The van der Waals surface area contributed by atoms with Crippen molar-refractivity contribution >= 4 is 17.7 Å². The number of carbonyl (C=O) groups is 3. The number of nitrogens with zero attached hydrogens (tertiary/aromatic N) is 2. The van der Waals surface area contributed by atoms with Gasteiger partial charge in [-0.1, -0.05) is 18.2 Å². The number of imide groups is 1. The van der Waals surface area contributed by atoms with Crippen LogP contribution in [-0.4, -0.2) is 59.2 Å². The first-order chi connectivity index (χ1) is 13.6. The third-order valence-corrected chi connectivity index (χ3v) is 6.74. The van der Waals surface area contributed by atoms with Gasteiger partial charge >= 0.3 is 0 Å². The predicted molar refractivity (Wildman–Crippen MR) is 102 cm³/mol. The molecule has 1 aromatic carbocycles. The number of carbonyl (C=O) groups excluding carboxylic acids is 3. The van der Waals surface area contributed by atoms with Gasteiger partial charge in [0.05, 0.1) is 0 Å². The number of fused-ring (bicyclic) bond motifs is 5.